The zero-order valence-corrected chi connectivity index (χ0v) is 13.4. The number of halogens is 2. The lowest BCUT2D eigenvalue weighted by Crippen LogP contribution is -1.99. The smallest absolute Gasteiger partial charge is 0.123 e. The molecule has 0 spiro atoms. The van der Waals surface area contributed by atoms with Crippen LogP contribution < -0.4 is 0 Å². The van der Waals surface area contributed by atoms with E-state index in [1.165, 1.54) is 28.0 Å². The van der Waals surface area contributed by atoms with E-state index in [1.807, 2.05) is 6.07 Å². The largest absolute Gasteiger partial charge is 0.207 e. The van der Waals surface area contributed by atoms with Crippen LogP contribution in [-0.4, -0.2) is 0 Å². The Kier molecular flexibility index (Phi) is 4.07. The fourth-order valence-electron chi connectivity index (χ4n) is 2.79. The van der Waals surface area contributed by atoms with Crippen molar-refractivity contribution in [1.29, 1.82) is 0 Å². The van der Waals surface area contributed by atoms with E-state index in [4.69, 9.17) is 0 Å². The van der Waals surface area contributed by atoms with Gasteiger partial charge < -0.3 is 0 Å². The topological polar surface area (TPSA) is 0 Å². The van der Waals surface area contributed by atoms with Crippen LogP contribution in [0.15, 0.2) is 60.7 Å². The minimum Gasteiger partial charge on any atom is -0.207 e. The first kappa shape index (κ1) is 14.3. The van der Waals surface area contributed by atoms with Gasteiger partial charge in [-0.05, 0) is 52.9 Å². The summed E-state index contributed by atoms with van der Waals surface area (Å²) < 4.78 is 13.3. The number of fused-ring (bicyclic) bond motifs is 1. The molecule has 0 fully saturated rings. The molecule has 3 aromatic carbocycles. The second-order valence-electron chi connectivity index (χ2n) is 5.32. The standard InChI is InChI=1S/C19H16BrF/c1-13-9-10-15-6-2-3-8-17(15)19(13)18(20)12-14-5-4-7-16(21)11-14/h2-11,18H,12H2,1H3. The molecule has 0 saturated carbocycles. The molecule has 0 nitrogen and oxygen atoms in total. The molecule has 0 amide bonds. The molecule has 106 valence electrons. The summed E-state index contributed by atoms with van der Waals surface area (Å²) in [5.74, 6) is -0.179. The van der Waals surface area contributed by atoms with Crippen molar-refractivity contribution < 1.29 is 4.39 Å². The van der Waals surface area contributed by atoms with Gasteiger partial charge in [0.2, 0.25) is 0 Å². The summed E-state index contributed by atoms with van der Waals surface area (Å²) in [5, 5.41) is 2.50. The Hall–Kier alpha value is -1.67. The van der Waals surface area contributed by atoms with Gasteiger partial charge in [-0.2, -0.15) is 0 Å². The van der Waals surface area contributed by atoms with E-state index < -0.39 is 0 Å². The van der Waals surface area contributed by atoms with Crippen LogP contribution in [0.5, 0.6) is 0 Å². The van der Waals surface area contributed by atoms with Crippen molar-refractivity contribution >= 4 is 26.7 Å². The molecule has 1 atom stereocenters. The highest BCUT2D eigenvalue weighted by atomic mass is 79.9. The zero-order valence-electron chi connectivity index (χ0n) is 11.8. The van der Waals surface area contributed by atoms with Crippen molar-refractivity contribution in [1.82, 2.24) is 0 Å². The van der Waals surface area contributed by atoms with E-state index in [0.717, 1.165) is 12.0 Å². The zero-order chi connectivity index (χ0) is 14.8. The average Bonchev–Trinajstić information content (AvgIpc) is 2.47. The van der Waals surface area contributed by atoms with Crippen molar-refractivity contribution in [2.45, 2.75) is 18.2 Å². The number of aryl methyl sites for hydroxylation is 1. The molecule has 0 aliphatic rings. The van der Waals surface area contributed by atoms with Crippen LogP contribution in [-0.2, 0) is 6.42 Å². The minimum absolute atomic E-state index is 0.172. The first-order chi connectivity index (χ1) is 10.1. The highest BCUT2D eigenvalue weighted by Crippen LogP contribution is 2.35. The molecule has 3 rings (SSSR count). The number of alkyl halides is 1. The van der Waals surface area contributed by atoms with Gasteiger partial charge in [-0.25, -0.2) is 4.39 Å². The SMILES string of the molecule is Cc1ccc2ccccc2c1C(Br)Cc1cccc(F)c1. The molecule has 1 unspecified atom stereocenters. The summed E-state index contributed by atoms with van der Waals surface area (Å²) in [7, 11) is 0. The summed E-state index contributed by atoms with van der Waals surface area (Å²) in [5.41, 5.74) is 3.55. The Morgan fingerprint density at radius 3 is 2.62 bits per heavy atom. The number of hydrogen-bond donors (Lipinski definition) is 0. The molecule has 2 heteroatoms. The third-order valence-electron chi connectivity index (χ3n) is 3.81. The van der Waals surface area contributed by atoms with Gasteiger partial charge in [0.1, 0.15) is 5.82 Å². The van der Waals surface area contributed by atoms with Crippen molar-refractivity contribution in [3.05, 3.63) is 83.2 Å². The number of benzene rings is 3. The monoisotopic (exact) mass is 342 g/mol. The maximum atomic E-state index is 13.3. The Morgan fingerprint density at radius 2 is 1.81 bits per heavy atom. The molecule has 21 heavy (non-hydrogen) atoms. The van der Waals surface area contributed by atoms with Gasteiger partial charge in [0.15, 0.2) is 0 Å². The van der Waals surface area contributed by atoms with Gasteiger partial charge in [-0.3, -0.25) is 0 Å². The van der Waals surface area contributed by atoms with Crippen LogP contribution in [0.4, 0.5) is 4.39 Å². The normalized spacial score (nSPS) is 12.5. The van der Waals surface area contributed by atoms with Gasteiger partial charge in [0.05, 0.1) is 0 Å². The highest BCUT2D eigenvalue weighted by molar-refractivity contribution is 9.09. The molecule has 0 aliphatic carbocycles. The van der Waals surface area contributed by atoms with Gasteiger partial charge in [0, 0.05) is 4.83 Å². The lowest BCUT2D eigenvalue weighted by atomic mass is 9.94. The summed E-state index contributed by atoms with van der Waals surface area (Å²) in [6.07, 6.45) is 0.770. The Balaban J connectivity index is 2.01. The second-order valence-corrected chi connectivity index (χ2v) is 6.42. The highest BCUT2D eigenvalue weighted by Gasteiger charge is 2.14. The third-order valence-corrected chi connectivity index (χ3v) is 4.59. The van der Waals surface area contributed by atoms with Gasteiger partial charge in [-0.15, -0.1) is 0 Å². The summed E-state index contributed by atoms with van der Waals surface area (Å²) in [6, 6.07) is 19.5. The Bertz CT molecular complexity index is 779. The van der Waals surface area contributed by atoms with Crippen LogP contribution in [0.1, 0.15) is 21.5 Å². The molecule has 0 aromatic heterocycles. The predicted molar refractivity (Wildman–Crippen MR) is 90.5 cm³/mol. The van der Waals surface area contributed by atoms with E-state index in [0.29, 0.717) is 0 Å². The Morgan fingerprint density at radius 1 is 1.00 bits per heavy atom. The summed E-state index contributed by atoms with van der Waals surface area (Å²) in [4.78, 5) is 0.172. The van der Waals surface area contributed by atoms with Gasteiger partial charge >= 0.3 is 0 Å². The maximum Gasteiger partial charge on any atom is 0.123 e. The van der Waals surface area contributed by atoms with E-state index in [9.17, 15) is 4.39 Å². The second kappa shape index (κ2) is 5.98. The van der Waals surface area contributed by atoms with Crippen molar-refractivity contribution in [3.63, 3.8) is 0 Å². The molecule has 0 saturated heterocycles. The van der Waals surface area contributed by atoms with E-state index in [1.54, 1.807) is 12.1 Å². The fourth-order valence-corrected chi connectivity index (χ4v) is 3.77. The molecular formula is C19H16BrF. The first-order valence-corrected chi connectivity index (χ1v) is 7.93. The van der Waals surface area contributed by atoms with Gasteiger partial charge in [0.25, 0.3) is 0 Å². The summed E-state index contributed by atoms with van der Waals surface area (Å²) in [6.45, 7) is 2.13. The van der Waals surface area contributed by atoms with Crippen LogP contribution >= 0.6 is 15.9 Å². The van der Waals surface area contributed by atoms with Crippen LogP contribution in [0.2, 0.25) is 0 Å². The van der Waals surface area contributed by atoms with Gasteiger partial charge in [-0.1, -0.05) is 64.5 Å². The molecule has 0 aliphatic heterocycles. The number of hydrogen-bond acceptors (Lipinski definition) is 0. The summed E-state index contributed by atoms with van der Waals surface area (Å²) >= 11 is 3.80. The van der Waals surface area contributed by atoms with Crippen molar-refractivity contribution in [2.24, 2.45) is 0 Å². The first-order valence-electron chi connectivity index (χ1n) is 7.02. The molecule has 0 N–H and O–H groups in total. The van der Waals surface area contributed by atoms with E-state index >= 15 is 0 Å². The number of rotatable bonds is 3. The fraction of sp³-hybridized carbons (Fsp3) is 0.158. The molecule has 0 radical (unpaired) electrons. The molecular weight excluding hydrogens is 327 g/mol. The molecule has 0 heterocycles. The Labute approximate surface area is 132 Å². The predicted octanol–water partition coefficient (Wildman–Crippen LogP) is 5.97. The van der Waals surface area contributed by atoms with Crippen LogP contribution in [0, 0.1) is 12.7 Å². The van der Waals surface area contributed by atoms with Crippen molar-refractivity contribution in [3.8, 4) is 0 Å². The average molecular weight is 343 g/mol. The van der Waals surface area contributed by atoms with Crippen LogP contribution in [0.25, 0.3) is 10.8 Å². The minimum atomic E-state index is -0.179. The lowest BCUT2D eigenvalue weighted by molar-refractivity contribution is 0.625. The molecule has 0 bridgehead atoms. The third kappa shape index (κ3) is 3.01. The van der Waals surface area contributed by atoms with Crippen molar-refractivity contribution in [2.75, 3.05) is 0 Å². The van der Waals surface area contributed by atoms with E-state index in [-0.39, 0.29) is 10.6 Å². The quantitative estimate of drug-likeness (QED) is 0.514. The molecule has 3 aromatic rings. The van der Waals surface area contributed by atoms with Crippen LogP contribution in [0.3, 0.4) is 0 Å². The van der Waals surface area contributed by atoms with E-state index in [2.05, 4.69) is 59.3 Å². The maximum absolute atomic E-state index is 13.3. The lowest BCUT2D eigenvalue weighted by Gasteiger charge is -2.16.